The van der Waals surface area contributed by atoms with Crippen LogP contribution in [0.1, 0.15) is 43.9 Å². The molecule has 0 spiro atoms. The smallest absolute Gasteiger partial charge is 0.315 e. The summed E-state index contributed by atoms with van der Waals surface area (Å²) >= 11 is 0. The molecule has 0 bridgehead atoms. The molecule has 2 amide bonds. The van der Waals surface area contributed by atoms with Crippen molar-refractivity contribution in [2.75, 3.05) is 37.6 Å². The number of amides is 2. The topological polar surface area (TPSA) is 56.8 Å². The first-order valence-electron chi connectivity index (χ1n) is 12.0. The van der Waals surface area contributed by atoms with Gasteiger partial charge in [0.15, 0.2) is 0 Å². The maximum atomic E-state index is 14.8. The van der Waals surface area contributed by atoms with E-state index in [4.69, 9.17) is 4.74 Å². The van der Waals surface area contributed by atoms with Gasteiger partial charge >= 0.3 is 6.03 Å². The minimum absolute atomic E-state index is 0.0680. The highest BCUT2D eigenvalue weighted by molar-refractivity contribution is 5.73. The number of hydrogen-bond acceptors (Lipinski definition) is 4. The van der Waals surface area contributed by atoms with Gasteiger partial charge in [0, 0.05) is 26.2 Å². The maximum Gasteiger partial charge on any atom is 0.315 e. The summed E-state index contributed by atoms with van der Waals surface area (Å²) in [6.07, 6.45) is 2.52. The molecule has 2 heterocycles. The van der Waals surface area contributed by atoms with Crippen molar-refractivity contribution in [3.63, 3.8) is 0 Å². The summed E-state index contributed by atoms with van der Waals surface area (Å²) in [7, 11) is 0. The largest absolute Gasteiger partial charge is 0.372 e. The molecule has 0 saturated carbocycles. The van der Waals surface area contributed by atoms with Gasteiger partial charge in [0.05, 0.1) is 23.9 Å². The molecule has 0 aliphatic carbocycles. The van der Waals surface area contributed by atoms with Gasteiger partial charge in [0.1, 0.15) is 5.82 Å². The molecule has 2 aromatic rings. The molecule has 2 N–H and O–H groups in total. The number of anilines is 1. The van der Waals surface area contributed by atoms with Crippen molar-refractivity contribution in [2.45, 2.75) is 51.5 Å². The Kier molecular flexibility index (Phi) is 7.83. The van der Waals surface area contributed by atoms with Crippen molar-refractivity contribution in [3.8, 4) is 0 Å². The van der Waals surface area contributed by atoms with Crippen LogP contribution in [0, 0.1) is 5.82 Å². The lowest BCUT2D eigenvalue weighted by molar-refractivity contribution is -0.00539. The van der Waals surface area contributed by atoms with Crippen LogP contribution in [0.25, 0.3) is 0 Å². The molecule has 6 nitrogen and oxygen atoms in total. The fraction of sp³-hybridized carbons (Fsp3) is 0.500. The second-order valence-electron chi connectivity index (χ2n) is 9.18. The van der Waals surface area contributed by atoms with E-state index in [1.165, 1.54) is 24.5 Å². The maximum absolute atomic E-state index is 14.8. The second-order valence-corrected chi connectivity index (χ2v) is 9.18. The molecule has 2 aromatic carbocycles. The van der Waals surface area contributed by atoms with Crippen LogP contribution >= 0.6 is 0 Å². The van der Waals surface area contributed by atoms with Crippen LogP contribution in [0.2, 0.25) is 0 Å². The number of likely N-dealkylation sites (tertiary alicyclic amines) is 1. The van der Waals surface area contributed by atoms with E-state index in [0.29, 0.717) is 25.3 Å². The molecule has 2 fully saturated rings. The van der Waals surface area contributed by atoms with E-state index >= 15 is 0 Å². The third-order valence-electron chi connectivity index (χ3n) is 6.45. The Morgan fingerprint density at radius 3 is 2.42 bits per heavy atom. The Hall–Kier alpha value is -2.64. The SMILES string of the molecule is CC1CN(c2ccc(CNC(=O)NCC(c3ccccc3)N3CCCC3)cc2F)CC(C)O1. The first kappa shape index (κ1) is 23.5. The van der Waals surface area contributed by atoms with Crippen LogP contribution in [0.15, 0.2) is 48.5 Å². The number of nitrogens with one attached hydrogen (secondary N) is 2. The first-order chi connectivity index (χ1) is 16.0. The second kappa shape index (κ2) is 11.0. The van der Waals surface area contributed by atoms with E-state index in [1.807, 2.05) is 43.0 Å². The predicted molar refractivity (Wildman–Crippen MR) is 129 cm³/mol. The molecule has 0 aromatic heterocycles. The normalized spacial score (nSPS) is 22.2. The lowest BCUT2D eigenvalue weighted by atomic mass is 10.1. The summed E-state index contributed by atoms with van der Waals surface area (Å²) < 4.78 is 20.6. The molecule has 3 atom stereocenters. The minimum atomic E-state index is -0.269. The van der Waals surface area contributed by atoms with Crippen molar-refractivity contribution < 1.29 is 13.9 Å². The van der Waals surface area contributed by atoms with Gasteiger partial charge in [-0.2, -0.15) is 0 Å². The van der Waals surface area contributed by atoms with Gasteiger partial charge in [-0.05, 0) is 63.0 Å². The van der Waals surface area contributed by atoms with Crippen LogP contribution < -0.4 is 15.5 Å². The molecule has 7 heteroatoms. The number of benzene rings is 2. The molecule has 4 rings (SSSR count). The molecule has 178 valence electrons. The predicted octanol–water partition coefficient (Wildman–Crippen LogP) is 4.08. The fourth-order valence-electron chi connectivity index (χ4n) is 4.91. The van der Waals surface area contributed by atoms with Gasteiger partial charge in [0.2, 0.25) is 0 Å². The van der Waals surface area contributed by atoms with Gasteiger partial charge in [0.25, 0.3) is 0 Å². The highest BCUT2D eigenvalue weighted by atomic mass is 19.1. The molecule has 2 saturated heterocycles. The zero-order chi connectivity index (χ0) is 23.2. The van der Waals surface area contributed by atoms with Crippen molar-refractivity contribution >= 4 is 11.7 Å². The van der Waals surface area contributed by atoms with Gasteiger partial charge in [-0.3, -0.25) is 4.90 Å². The Labute approximate surface area is 196 Å². The van der Waals surface area contributed by atoms with Crippen molar-refractivity contribution in [3.05, 3.63) is 65.5 Å². The Morgan fingerprint density at radius 2 is 1.76 bits per heavy atom. The first-order valence-corrected chi connectivity index (χ1v) is 12.0. The third-order valence-corrected chi connectivity index (χ3v) is 6.45. The standard InChI is InChI=1S/C26H35FN4O2/c1-19-17-31(18-20(2)33-19)24-11-10-21(14-23(24)27)15-28-26(32)29-16-25(30-12-6-7-13-30)22-8-4-3-5-9-22/h3-5,8-11,14,19-20,25H,6-7,12-13,15-18H2,1-2H3,(H2,28,29,32). The Bertz CT molecular complexity index is 910. The lowest BCUT2D eigenvalue weighted by Crippen LogP contribution is -2.45. The van der Waals surface area contributed by atoms with E-state index in [2.05, 4.69) is 27.7 Å². The summed E-state index contributed by atoms with van der Waals surface area (Å²) in [6.45, 7) is 8.26. The van der Waals surface area contributed by atoms with Gasteiger partial charge in [-0.15, -0.1) is 0 Å². The van der Waals surface area contributed by atoms with Gasteiger partial charge in [-0.25, -0.2) is 9.18 Å². The van der Waals surface area contributed by atoms with E-state index in [-0.39, 0.29) is 36.6 Å². The fourth-order valence-corrected chi connectivity index (χ4v) is 4.91. The zero-order valence-electron chi connectivity index (χ0n) is 19.6. The van der Waals surface area contributed by atoms with Crippen molar-refractivity contribution in [1.29, 1.82) is 0 Å². The summed E-state index contributed by atoms with van der Waals surface area (Å²) in [5.41, 5.74) is 2.53. The van der Waals surface area contributed by atoms with Crippen LogP contribution in [0.3, 0.4) is 0 Å². The number of morpholine rings is 1. The number of halogens is 1. The van der Waals surface area contributed by atoms with Crippen LogP contribution in [0.4, 0.5) is 14.9 Å². The summed E-state index contributed by atoms with van der Waals surface area (Å²) in [4.78, 5) is 16.9. The number of nitrogens with zero attached hydrogens (tertiary/aromatic N) is 2. The van der Waals surface area contributed by atoms with Crippen molar-refractivity contribution in [1.82, 2.24) is 15.5 Å². The zero-order valence-corrected chi connectivity index (χ0v) is 19.6. The summed E-state index contributed by atoms with van der Waals surface area (Å²) in [6, 6.07) is 15.4. The summed E-state index contributed by atoms with van der Waals surface area (Å²) in [5, 5.41) is 5.88. The molecule has 3 unspecified atom stereocenters. The number of ether oxygens (including phenoxy) is 1. The number of carbonyl (C=O) groups is 1. The van der Waals surface area contributed by atoms with E-state index in [9.17, 15) is 9.18 Å². The van der Waals surface area contributed by atoms with E-state index in [1.54, 1.807) is 6.07 Å². The highest BCUT2D eigenvalue weighted by Crippen LogP contribution is 2.25. The molecular weight excluding hydrogens is 419 g/mol. The Balaban J connectivity index is 1.30. The monoisotopic (exact) mass is 454 g/mol. The van der Waals surface area contributed by atoms with Gasteiger partial charge in [-0.1, -0.05) is 36.4 Å². The molecule has 2 aliphatic rings. The highest BCUT2D eigenvalue weighted by Gasteiger charge is 2.25. The van der Waals surface area contributed by atoms with Crippen LogP contribution in [-0.4, -0.2) is 55.9 Å². The molecular formula is C26H35FN4O2. The lowest BCUT2D eigenvalue weighted by Gasteiger charge is -2.37. The van der Waals surface area contributed by atoms with E-state index < -0.39 is 0 Å². The third kappa shape index (κ3) is 6.24. The van der Waals surface area contributed by atoms with Crippen LogP contribution in [-0.2, 0) is 11.3 Å². The van der Waals surface area contributed by atoms with Gasteiger partial charge < -0.3 is 20.3 Å². The van der Waals surface area contributed by atoms with Crippen LogP contribution in [0.5, 0.6) is 0 Å². The minimum Gasteiger partial charge on any atom is -0.372 e. The molecule has 33 heavy (non-hydrogen) atoms. The number of rotatable bonds is 7. The average Bonchev–Trinajstić information content (AvgIpc) is 3.32. The molecule has 2 aliphatic heterocycles. The van der Waals surface area contributed by atoms with Crippen molar-refractivity contribution in [2.24, 2.45) is 0 Å². The number of urea groups is 1. The number of hydrogen-bond donors (Lipinski definition) is 2. The average molecular weight is 455 g/mol. The van der Waals surface area contributed by atoms with E-state index in [0.717, 1.165) is 18.7 Å². The summed E-state index contributed by atoms with van der Waals surface area (Å²) in [5.74, 6) is -0.269. The molecule has 0 radical (unpaired) electrons. The number of carbonyl (C=O) groups excluding carboxylic acids is 1. The Morgan fingerprint density at radius 1 is 1.06 bits per heavy atom. The quantitative estimate of drug-likeness (QED) is 0.662.